The topological polar surface area (TPSA) is 80.0 Å². The van der Waals surface area contributed by atoms with Crippen LogP contribution < -0.4 is 16.0 Å². The molecule has 0 spiro atoms. The number of nitrogens with one attached hydrogen (secondary N) is 1. The van der Waals surface area contributed by atoms with E-state index in [9.17, 15) is 0 Å². The van der Waals surface area contributed by atoms with Gasteiger partial charge in [0.05, 0.1) is 0 Å². The van der Waals surface area contributed by atoms with Crippen LogP contribution in [0.5, 0.6) is 0 Å². The molecule has 1 aromatic rings. The Morgan fingerprint density at radius 2 is 2.00 bits per heavy atom. The van der Waals surface area contributed by atoms with E-state index >= 15 is 0 Å². The maximum atomic E-state index is 5.63. The lowest BCUT2D eigenvalue weighted by Gasteiger charge is -2.15. The molecule has 6 nitrogen and oxygen atoms in total. The molecule has 0 aromatic carbocycles. The Morgan fingerprint density at radius 3 is 2.67 bits per heavy atom. The van der Waals surface area contributed by atoms with Crippen molar-refractivity contribution >= 4 is 17.8 Å². The fourth-order valence-corrected chi connectivity index (χ4v) is 1.68. The van der Waals surface area contributed by atoms with Gasteiger partial charge < -0.3 is 16.0 Å². The van der Waals surface area contributed by atoms with Crippen molar-refractivity contribution in [1.29, 1.82) is 0 Å². The lowest BCUT2D eigenvalue weighted by atomic mass is 10.4. The molecule has 1 aliphatic heterocycles. The fraction of sp³-hybridized carbons (Fsp3) is 0.667. The lowest BCUT2D eigenvalue weighted by Crippen LogP contribution is -2.22. The minimum absolute atomic E-state index is 0.280. The van der Waals surface area contributed by atoms with Crippen LogP contribution in [0.1, 0.15) is 19.8 Å². The molecule has 0 amide bonds. The fourth-order valence-electron chi connectivity index (χ4n) is 1.68. The molecule has 0 radical (unpaired) electrons. The molecule has 1 aromatic heterocycles. The van der Waals surface area contributed by atoms with E-state index in [2.05, 4.69) is 25.2 Å². The summed E-state index contributed by atoms with van der Waals surface area (Å²) in [6.07, 6.45) is 2.39. The Hall–Kier alpha value is -1.59. The molecule has 6 heteroatoms. The molecule has 0 saturated carbocycles. The van der Waals surface area contributed by atoms with Gasteiger partial charge in [0.2, 0.25) is 17.8 Å². The molecule has 2 heterocycles. The number of hydrogen-bond acceptors (Lipinski definition) is 6. The Morgan fingerprint density at radius 1 is 1.27 bits per heavy atom. The zero-order valence-electron chi connectivity index (χ0n) is 8.90. The quantitative estimate of drug-likeness (QED) is 0.752. The molecule has 1 saturated heterocycles. The van der Waals surface area contributed by atoms with Gasteiger partial charge in [0.25, 0.3) is 0 Å². The van der Waals surface area contributed by atoms with Gasteiger partial charge in [-0.3, -0.25) is 0 Å². The van der Waals surface area contributed by atoms with E-state index in [0.29, 0.717) is 11.9 Å². The number of nitrogens with zero attached hydrogens (tertiary/aromatic N) is 4. The first-order valence-electron chi connectivity index (χ1n) is 5.30. The van der Waals surface area contributed by atoms with Gasteiger partial charge in [-0.2, -0.15) is 15.0 Å². The zero-order valence-corrected chi connectivity index (χ0v) is 8.90. The van der Waals surface area contributed by atoms with Gasteiger partial charge >= 0.3 is 0 Å². The summed E-state index contributed by atoms with van der Waals surface area (Å²) in [5.41, 5.74) is 5.63. The number of anilines is 3. The van der Waals surface area contributed by atoms with Gasteiger partial charge in [-0.05, 0) is 19.8 Å². The van der Waals surface area contributed by atoms with Crippen LogP contribution in [0, 0.1) is 0 Å². The minimum atomic E-state index is 0.280. The van der Waals surface area contributed by atoms with Crippen LogP contribution in [-0.4, -0.2) is 34.6 Å². The largest absolute Gasteiger partial charge is 0.368 e. The second-order valence-corrected chi connectivity index (χ2v) is 3.54. The Balaban J connectivity index is 2.22. The normalized spacial score (nSPS) is 15.7. The summed E-state index contributed by atoms with van der Waals surface area (Å²) in [6, 6.07) is 0. The highest BCUT2D eigenvalue weighted by Crippen LogP contribution is 2.17. The van der Waals surface area contributed by atoms with Crippen molar-refractivity contribution in [3.05, 3.63) is 0 Å². The van der Waals surface area contributed by atoms with Crippen molar-refractivity contribution in [3.8, 4) is 0 Å². The molecule has 15 heavy (non-hydrogen) atoms. The standard InChI is InChI=1S/C9H16N6/c1-2-11-8-12-7(10)13-9(14-8)15-5-3-4-6-15/h2-6H2,1H3,(H3,10,11,12,13,14). The van der Waals surface area contributed by atoms with Gasteiger partial charge in [0, 0.05) is 19.6 Å². The third-order valence-corrected chi connectivity index (χ3v) is 2.36. The first-order valence-corrected chi connectivity index (χ1v) is 5.30. The average Bonchev–Trinajstić information content (AvgIpc) is 2.70. The van der Waals surface area contributed by atoms with Gasteiger partial charge in [-0.25, -0.2) is 0 Å². The summed E-state index contributed by atoms with van der Waals surface area (Å²) in [4.78, 5) is 14.6. The van der Waals surface area contributed by atoms with Gasteiger partial charge in [-0.1, -0.05) is 0 Å². The monoisotopic (exact) mass is 208 g/mol. The second-order valence-electron chi connectivity index (χ2n) is 3.54. The van der Waals surface area contributed by atoms with Crippen LogP contribution >= 0.6 is 0 Å². The first-order chi connectivity index (χ1) is 7.29. The third-order valence-electron chi connectivity index (χ3n) is 2.36. The highest BCUT2D eigenvalue weighted by Gasteiger charge is 2.16. The lowest BCUT2D eigenvalue weighted by molar-refractivity contribution is 0.883. The van der Waals surface area contributed by atoms with Gasteiger partial charge in [0.15, 0.2) is 0 Å². The molecule has 0 aliphatic carbocycles. The number of rotatable bonds is 3. The van der Waals surface area contributed by atoms with E-state index in [0.717, 1.165) is 19.6 Å². The van der Waals surface area contributed by atoms with E-state index in [1.165, 1.54) is 12.8 Å². The van der Waals surface area contributed by atoms with Crippen LogP contribution in [-0.2, 0) is 0 Å². The molecule has 82 valence electrons. The van der Waals surface area contributed by atoms with E-state index in [1.807, 2.05) is 6.92 Å². The average molecular weight is 208 g/mol. The van der Waals surface area contributed by atoms with Crippen molar-refractivity contribution in [3.63, 3.8) is 0 Å². The number of aromatic nitrogens is 3. The van der Waals surface area contributed by atoms with E-state index in [1.54, 1.807) is 0 Å². The predicted octanol–water partition coefficient (Wildman–Crippen LogP) is 0.486. The molecule has 1 fully saturated rings. The smallest absolute Gasteiger partial charge is 0.231 e. The van der Waals surface area contributed by atoms with E-state index < -0.39 is 0 Å². The number of nitrogen functional groups attached to an aromatic ring is 1. The molecular formula is C9H16N6. The summed E-state index contributed by atoms with van der Waals surface area (Å²) in [5, 5.41) is 3.04. The summed E-state index contributed by atoms with van der Waals surface area (Å²) >= 11 is 0. The van der Waals surface area contributed by atoms with Crippen LogP contribution in [0.15, 0.2) is 0 Å². The number of hydrogen-bond donors (Lipinski definition) is 2. The maximum absolute atomic E-state index is 5.63. The van der Waals surface area contributed by atoms with Crippen molar-refractivity contribution in [2.24, 2.45) is 0 Å². The number of nitrogens with two attached hydrogens (primary N) is 1. The molecule has 3 N–H and O–H groups in total. The minimum Gasteiger partial charge on any atom is -0.368 e. The van der Waals surface area contributed by atoms with Crippen molar-refractivity contribution in [2.45, 2.75) is 19.8 Å². The molecule has 0 bridgehead atoms. The SMILES string of the molecule is CCNc1nc(N)nc(N2CCCC2)n1. The third kappa shape index (κ3) is 2.26. The van der Waals surface area contributed by atoms with E-state index in [4.69, 9.17) is 5.73 Å². The zero-order chi connectivity index (χ0) is 10.7. The highest BCUT2D eigenvalue weighted by molar-refractivity contribution is 5.42. The van der Waals surface area contributed by atoms with Gasteiger partial charge in [-0.15, -0.1) is 0 Å². The molecule has 0 unspecified atom stereocenters. The Kier molecular flexibility index (Phi) is 2.84. The molecular weight excluding hydrogens is 192 g/mol. The first kappa shape index (κ1) is 9.95. The van der Waals surface area contributed by atoms with Crippen LogP contribution in [0.3, 0.4) is 0 Å². The molecule has 2 rings (SSSR count). The van der Waals surface area contributed by atoms with Crippen LogP contribution in [0.25, 0.3) is 0 Å². The molecule has 1 aliphatic rings. The Labute approximate surface area is 88.9 Å². The van der Waals surface area contributed by atoms with Crippen molar-refractivity contribution in [2.75, 3.05) is 35.6 Å². The van der Waals surface area contributed by atoms with Crippen molar-refractivity contribution < 1.29 is 0 Å². The summed E-state index contributed by atoms with van der Waals surface area (Å²) in [5.74, 6) is 1.53. The molecule has 0 atom stereocenters. The van der Waals surface area contributed by atoms with Crippen molar-refractivity contribution in [1.82, 2.24) is 15.0 Å². The summed E-state index contributed by atoms with van der Waals surface area (Å²) in [6.45, 7) is 4.79. The second kappa shape index (κ2) is 4.29. The summed E-state index contributed by atoms with van der Waals surface area (Å²) < 4.78 is 0. The van der Waals surface area contributed by atoms with Crippen LogP contribution in [0.2, 0.25) is 0 Å². The van der Waals surface area contributed by atoms with Gasteiger partial charge in [0.1, 0.15) is 0 Å². The predicted molar refractivity (Wildman–Crippen MR) is 59.9 cm³/mol. The van der Waals surface area contributed by atoms with Crippen LogP contribution in [0.4, 0.5) is 17.8 Å². The maximum Gasteiger partial charge on any atom is 0.231 e. The Bertz CT molecular complexity index is 333. The van der Waals surface area contributed by atoms with E-state index in [-0.39, 0.29) is 5.95 Å². The summed E-state index contributed by atoms with van der Waals surface area (Å²) in [7, 11) is 0. The highest BCUT2D eigenvalue weighted by atomic mass is 15.3.